The lowest BCUT2D eigenvalue weighted by molar-refractivity contribution is -0.126. The van der Waals surface area contributed by atoms with E-state index in [2.05, 4.69) is 5.32 Å². The number of Topliss-reactive ketones (excluding diaryl/α,β-unsaturated/α-hetero) is 1. The van der Waals surface area contributed by atoms with Gasteiger partial charge in [0.1, 0.15) is 6.04 Å². The number of hydrogen-bond donors (Lipinski definition) is 1. The molecule has 2 saturated heterocycles. The maximum atomic E-state index is 13.3. The average molecular weight is 364 g/mol. The summed E-state index contributed by atoms with van der Waals surface area (Å²) < 4.78 is 0. The number of rotatable bonds is 2. The normalized spacial score (nSPS) is 29.0. The Morgan fingerprint density at radius 1 is 1.08 bits per heavy atom. The molecule has 2 fully saturated rings. The van der Waals surface area contributed by atoms with Crippen LogP contribution < -0.4 is 10.2 Å². The van der Waals surface area contributed by atoms with Crippen molar-refractivity contribution in [3.05, 3.63) is 58.3 Å². The molecule has 0 radical (unpaired) electrons. The predicted octanol–water partition coefficient (Wildman–Crippen LogP) is 2.49. The van der Waals surface area contributed by atoms with Gasteiger partial charge in [-0.15, -0.1) is 11.3 Å². The van der Waals surface area contributed by atoms with Gasteiger partial charge in [0.05, 0.1) is 22.8 Å². The summed E-state index contributed by atoms with van der Waals surface area (Å²) in [6.45, 7) is 2.01. The number of benzene rings is 1. The molecule has 130 valence electrons. The smallest absolute Gasteiger partial charge is 0.233 e. The molecule has 4 atom stereocenters. The summed E-state index contributed by atoms with van der Waals surface area (Å²) in [6, 6.07) is 10.5. The Bertz CT molecular complexity index is 979. The summed E-state index contributed by atoms with van der Waals surface area (Å²) >= 11 is 1.37. The second-order valence-electron chi connectivity index (χ2n) is 6.96. The molecule has 0 unspecified atom stereocenters. The van der Waals surface area contributed by atoms with Crippen molar-refractivity contribution in [1.29, 1.82) is 0 Å². The van der Waals surface area contributed by atoms with E-state index < -0.39 is 17.9 Å². The van der Waals surface area contributed by atoms with Crippen LogP contribution in [0.2, 0.25) is 0 Å². The van der Waals surface area contributed by atoms with Crippen molar-refractivity contribution in [2.24, 2.45) is 11.8 Å². The second kappa shape index (κ2) is 5.38. The molecule has 1 aromatic carbocycles. The Morgan fingerprint density at radius 3 is 2.62 bits per heavy atom. The molecule has 1 N–H and O–H groups in total. The number of ketones is 1. The lowest BCUT2D eigenvalue weighted by Crippen LogP contribution is -2.48. The van der Waals surface area contributed by atoms with Crippen molar-refractivity contribution in [3.8, 4) is 0 Å². The lowest BCUT2D eigenvalue weighted by atomic mass is 9.86. The molecular weight excluding hydrogens is 348 g/mol. The van der Waals surface area contributed by atoms with Gasteiger partial charge in [-0.3, -0.25) is 19.7 Å². The molecule has 4 heterocycles. The molecular formula is C20H16N2O3S. The number of fused-ring (bicyclic) bond motifs is 5. The van der Waals surface area contributed by atoms with E-state index in [1.54, 1.807) is 6.07 Å². The lowest BCUT2D eigenvalue weighted by Gasteiger charge is -2.37. The highest BCUT2D eigenvalue weighted by Gasteiger charge is 2.61. The van der Waals surface area contributed by atoms with Gasteiger partial charge in [-0.25, -0.2) is 0 Å². The van der Waals surface area contributed by atoms with Crippen LogP contribution in [-0.2, 0) is 9.59 Å². The monoisotopic (exact) mass is 364 g/mol. The van der Waals surface area contributed by atoms with Gasteiger partial charge in [0.15, 0.2) is 5.78 Å². The fourth-order valence-electron chi connectivity index (χ4n) is 4.58. The Hall–Kier alpha value is -2.73. The summed E-state index contributed by atoms with van der Waals surface area (Å²) in [7, 11) is 0. The van der Waals surface area contributed by atoms with E-state index in [4.69, 9.17) is 0 Å². The number of para-hydroxylation sites is 1. The molecule has 3 aliphatic rings. The largest absolute Gasteiger partial charge is 0.352 e. The SMILES string of the molecule is CC1=C[C@@H]2[C@@H]3C(=O)NC(=O)[C@@H]3[C@@H](C(=O)c3cccs3)N2c2ccccc21. The quantitative estimate of drug-likeness (QED) is 0.657. The maximum absolute atomic E-state index is 13.3. The van der Waals surface area contributed by atoms with Gasteiger partial charge in [0, 0.05) is 11.3 Å². The molecule has 2 amide bonds. The highest BCUT2D eigenvalue weighted by Crippen LogP contribution is 2.48. The van der Waals surface area contributed by atoms with E-state index in [9.17, 15) is 14.4 Å². The molecule has 0 saturated carbocycles. The molecule has 0 aliphatic carbocycles. The first-order valence-electron chi connectivity index (χ1n) is 8.56. The van der Waals surface area contributed by atoms with Crippen molar-refractivity contribution in [2.75, 3.05) is 4.90 Å². The van der Waals surface area contributed by atoms with E-state index >= 15 is 0 Å². The third kappa shape index (κ3) is 1.93. The Balaban J connectivity index is 1.71. The molecule has 0 spiro atoms. The van der Waals surface area contributed by atoms with Gasteiger partial charge in [-0.05, 0) is 30.0 Å². The van der Waals surface area contributed by atoms with Crippen LogP contribution in [0.15, 0.2) is 47.9 Å². The predicted molar refractivity (Wildman–Crippen MR) is 98.9 cm³/mol. The Labute approximate surface area is 154 Å². The first kappa shape index (κ1) is 15.5. The second-order valence-corrected chi connectivity index (χ2v) is 7.90. The molecule has 2 aromatic rings. The minimum atomic E-state index is -0.666. The number of allylic oxidation sites excluding steroid dienone is 1. The number of amides is 2. The number of nitrogens with one attached hydrogen (secondary N) is 1. The van der Waals surface area contributed by atoms with E-state index in [-0.39, 0.29) is 23.6 Å². The van der Waals surface area contributed by atoms with Gasteiger partial charge in [-0.1, -0.05) is 30.3 Å². The van der Waals surface area contributed by atoms with Crippen molar-refractivity contribution in [2.45, 2.75) is 19.0 Å². The van der Waals surface area contributed by atoms with Crippen LogP contribution in [0.1, 0.15) is 22.2 Å². The minimum Gasteiger partial charge on any atom is -0.352 e. The maximum Gasteiger partial charge on any atom is 0.233 e. The molecule has 3 aliphatic heterocycles. The van der Waals surface area contributed by atoms with Crippen molar-refractivity contribution in [3.63, 3.8) is 0 Å². The first-order chi connectivity index (χ1) is 12.6. The Kier molecular flexibility index (Phi) is 3.21. The van der Waals surface area contributed by atoms with E-state index in [0.717, 1.165) is 16.8 Å². The Morgan fingerprint density at radius 2 is 1.85 bits per heavy atom. The minimum absolute atomic E-state index is 0.0925. The van der Waals surface area contributed by atoms with Crippen LogP contribution in [0, 0.1) is 11.8 Å². The zero-order chi connectivity index (χ0) is 18.0. The van der Waals surface area contributed by atoms with Gasteiger partial charge < -0.3 is 4.90 Å². The third-order valence-electron chi connectivity index (χ3n) is 5.63. The number of carbonyl (C=O) groups is 3. The van der Waals surface area contributed by atoms with Gasteiger partial charge in [0.25, 0.3) is 0 Å². The van der Waals surface area contributed by atoms with Crippen molar-refractivity contribution >= 4 is 40.2 Å². The number of thiophene rings is 1. The fourth-order valence-corrected chi connectivity index (χ4v) is 5.28. The van der Waals surface area contributed by atoms with Crippen LogP contribution in [0.5, 0.6) is 0 Å². The first-order valence-corrected chi connectivity index (χ1v) is 9.44. The summed E-state index contributed by atoms with van der Waals surface area (Å²) in [5.41, 5.74) is 3.03. The number of anilines is 1. The standard InChI is InChI=1S/C20H16N2O3S/c1-10-9-13-15-16(20(25)21-19(15)24)17(18(23)14-7-4-8-26-14)22(13)12-6-3-2-5-11(10)12/h2-9,13,15-17H,1H3,(H,21,24,25)/t13-,15+,16+,17+/m1/s1. The van der Waals surface area contributed by atoms with Crippen LogP contribution in [-0.4, -0.2) is 29.7 Å². The zero-order valence-corrected chi connectivity index (χ0v) is 14.8. The highest BCUT2D eigenvalue weighted by atomic mass is 32.1. The summed E-state index contributed by atoms with van der Waals surface area (Å²) in [6.07, 6.45) is 2.03. The molecule has 26 heavy (non-hydrogen) atoms. The average Bonchev–Trinajstić information content (AvgIpc) is 3.33. The number of nitrogens with zero attached hydrogens (tertiary/aromatic N) is 1. The van der Waals surface area contributed by atoms with Crippen LogP contribution in [0.25, 0.3) is 5.57 Å². The molecule has 0 bridgehead atoms. The third-order valence-corrected chi connectivity index (χ3v) is 6.51. The summed E-state index contributed by atoms with van der Waals surface area (Å²) in [5, 5.41) is 4.29. The molecule has 1 aromatic heterocycles. The highest BCUT2D eigenvalue weighted by molar-refractivity contribution is 7.12. The van der Waals surface area contributed by atoms with E-state index in [1.807, 2.05) is 53.6 Å². The van der Waals surface area contributed by atoms with Crippen LogP contribution in [0.4, 0.5) is 5.69 Å². The van der Waals surface area contributed by atoms with Gasteiger partial charge in [0.2, 0.25) is 11.8 Å². The molecule has 5 nitrogen and oxygen atoms in total. The fraction of sp³-hybridized carbons (Fsp3) is 0.250. The van der Waals surface area contributed by atoms with E-state index in [1.165, 1.54) is 11.3 Å². The number of hydrogen-bond acceptors (Lipinski definition) is 5. The summed E-state index contributed by atoms with van der Waals surface area (Å²) in [5.74, 6) is -1.89. The van der Waals surface area contributed by atoms with Gasteiger partial charge in [-0.2, -0.15) is 0 Å². The van der Waals surface area contributed by atoms with Crippen LogP contribution in [0.3, 0.4) is 0 Å². The molecule has 6 heteroatoms. The van der Waals surface area contributed by atoms with Crippen molar-refractivity contribution in [1.82, 2.24) is 5.32 Å². The number of imide groups is 1. The van der Waals surface area contributed by atoms with Crippen LogP contribution >= 0.6 is 11.3 Å². The summed E-state index contributed by atoms with van der Waals surface area (Å²) in [4.78, 5) is 41.0. The van der Waals surface area contributed by atoms with Crippen molar-refractivity contribution < 1.29 is 14.4 Å². The number of carbonyl (C=O) groups excluding carboxylic acids is 3. The van der Waals surface area contributed by atoms with E-state index in [0.29, 0.717) is 4.88 Å². The topological polar surface area (TPSA) is 66.5 Å². The molecule has 5 rings (SSSR count). The zero-order valence-electron chi connectivity index (χ0n) is 14.0. The van der Waals surface area contributed by atoms with Gasteiger partial charge >= 0.3 is 0 Å².